The van der Waals surface area contributed by atoms with E-state index in [0.717, 1.165) is 55.5 Å². The Labute approximate surface area is 208 Å². The van der Waals surface area contributed by atoms with Crippen molar-refractivity contribution in [1.82, 2.24) is 4.90 Å². The van der Waals surface area contributed by atoms with Crippen molar-refractivity contribution < 1.29 is 28.2 Å². The van der Waals surface area contributed by atoms with Gasteiger partial charge in [0.1, 0.15) is 24.2 Å². The summed E-state index contributed by atoms with van der Waals surface area (Å²) in [7, 11) is 2.11. The van der Waals surface area contributed by atoms with Crippen molar-refractivity contribution in [1.29, 1.82) is 0 Å². The molecule has 1 saturated heterocycles. The molecule has 0 saturated carbocycles. The van der Waals surface area contributed by atoms with E-state index in [-0.39, 0.29) is 18.3 Å². The summed E-state index contributed by atoms with van der Waals surface area (Å²) < 4.78 is 39.2. The van der Waals surface area contributed by atoms with Crippen LogP contribution in [0, 0.1) is 11.6 Å². The Hall–Kier alpha value is -3.91. The van der Waals surface area contributed by atoms with Gasteiger partial charge in [-0.1, -0.05) is 24.3 Å². The summed E-state index contributed by atoms with van der Waals surface area (Å²) in [5, 5.41) is 12.1. The van der Waals surface area contributed by atoms with Crippen molar-refractivity contribution in [2.45, 2.75) is 25.6 Å². The quantitative estimate of drug-likeness (QED) is 0.412. The molecule has 6 nitrogen and oxygen atoms in total. The number of para-hydroxylation sites is 1. The highest BCUT2D eigenvalue weighted by Gasteiger charge is 2.18. The number of phenols is 1. The van der Waals surface area contributed by atoms with Gasteiger partial charge in [0, 0.05) is 42.0 Å². The number of carbonyl (C=O) groups excluding carboxylic acids is 1. The number of amides is 1. The van der Waals surface area contributed by atoms with Crippen molar-refractivity contribution in [3.8, 4) is 17.2 Å². The fourth-order valence-corrected chi connectivity index (χ4v) is 3.89. The SMILES string of the molecule is CN1CCC(Oc2cccc(OCc3ccccc3NC(=O)/C=C/c3ccc(F)c(O)c3F)c2)CC1. The van der Waals surface area contributed by atoms with Crippen LogP contribution in [0.1, 0.15) is 24.0 Å². The van der Waals surface area contributed by atoms with Gasteiger partial charge in [-0.25, -0.2) is 8.78 Å². The molecule has 3 aromatic rings. The average molecular weight is 495 g/mol. The van der Waals surface area contributed by atoms with Gasteiger partial charge in [-0.2, -0.15) is 0 Å². The Kier molecular flexibility index (Phi) is 8.17. The van der Waals surface area contributed by atoms with Crippen LogP contribution in [-0.4, -0.2) is 42.2 Å². The summed E-state index contributed by atoms with van der Waals surface area (Å²) >= 11 is 0. The lowest BCUT2D eigenvalue weighted by Crippen LogP contribution is -2.35. The highest BCUT2D eigenvalue weighted by atomic mass is 19.1. The Balaban J connectivity index is 1.36. The number of ether oxygens (including phenoxy) is 2. The van der Waals surface area contributed by atoms with Crippen LogP contribution in [-0.2, 0) is 11.4 Å². The molecule has 0 aromatic heterocycles. The molecule has 36 heavy (non-hydrogen) atoms. The number of anilines is 1. The van der Waals surface area contributed by atoms with Crippen molar-refractivity contribution in [3.63, 3.8) is 0 Å². The molecule has 4 rings (SSSR count). The number of nitrogens with zero attached hydrogens (tertiary/aromatic N) is 1. The summed E-state index contributed by atoms with van der Waals surface area (Å²) in [6.45, 7) is 2.23. The third-order valence-electron chi connectivity index (χ3n) is 5.95. The van der Waals surface area contributed by atoms with E-state index in [4.69, 9.17) is 9.47 Å². The minimum Gasteiger partial charge on any atom is -0.503 e. The first-order valence-electron chi connectivity index (χ1n) is 11.7. The third-order valence-corrected chi connectivity index (χ3v) is 5.95. The number of halogens is 2. The molecule has 0 unspecified atom stereocenters. The number of benzene rings is 3. The zero-order valence-corrected chi connectivity index (χ0v) is 19.9. The lowest BCUT2D eigenvalue weighted by Gasteiger charge is -2.29. The van der Waals surface area contributed by atoms with Crippen molar-refractivity contribution in [2.75, 3.05) is 25.5 Å². The smallest absolute Gasteiger partial charge is 0.248 e. The number of rotatable bonds is 8. The van der Waals surface area contributed by atoms with Gasteiger partial charge in [0.25, 0.3) is 0 Å². The largest absolute Gasteiger partial charge is 0.503 e. The lowest BCUT2D eigenvalue weighted by molar-refractivity contribution is -0.111. The zero-order valence-electron chi connectivity index (χ0n) is 19.9. The van der Waals surface area contributed by atoms with Crippen molar-refractivity contribution in [2.24, 2.45) is 0 Å². The lowest BCUT2D eigenvalue weighted by atomic mass is 10.1. The van der Waals surface area contributed by atoms with E-state index in [1.54, 1.807) is 12.1 Å². The second-order valence-electron chi connectivity index (χ2n) is 8.66. The van der Waals surface area contributed by atoms with Gasteiger partial charge in [0.2, 0.25) is 5.91 Å². The molecular weight excluding hydrogens is 466 g/mol. The Morgan fingerprint density at radius 1 is 1.08 bits per heavy atom. The molecule has 0 radical (unpaired) electrons. The molecule has 188 valence electrons. The molecule has 0 aliphatic carbocycles. The minimum atomic E-state index is -1.13. The molecule has 1 aliphatic rings. The summed E-state index contributed by atoms with van der Waals surface area (Å²) in [5.74, 6) is -2.39. The molecule has 1 aliphatic heterocycles. The first kappa shape index (κ1) is 25.2. The second-order valence-corrected chi connectivity index (χ2v) is 8.66. The number of nitrogens with one attached hydrogen (secondary N) is 1. The maximum absolute atomic E-state index is 13.9. The minimum absolute atomic E-state index is 0.108. The van der Waals surface area contributed by atoms with Gasteiger partial charge in [0.15, 0.2) is 17.4 Å². The standard InChI is InChI=1S/C28H28F2N2O4/c1-32-15-13-21(14-16-32)36-23-7-4-6-22(17-23)35-18-20-5-2-3-8-25(20)31-26(33)12-10-19-9-11-24(29)28(34)27(19)30/h2-12,17,21,34H,13-16,18H2,1H3,(H,31,33)/b12-10+. The number of hydrogen-bond acceptors (Lipinski definition) is 5. The fraction of sp³-hybridized carbons (Fsp3) is 0.250. The van der Waals surface area contributed by atoms with Gasteiger partial charge in [-0.3, -0.25) is 4.79 Å². The van der Waals surface area contributed by atoms with Crippen LogP contribution in [0.4, 0.5) is 14.5 Å². The summed E-state index contributed by atoms with van der Waals surface area (Å²) in [5.41, 5.74) is 1.17. The molecule has 2 N–H and O–H groups in total. The van der Waals surface area contributed by atoms with Gasteiger partial charge in [-0.15, -0.1) is 0 Å². The van der Waals surface area contributed by atoms with Crippen LogP contribution >= 0.6 is 0 Å². The van der Waals surface area contributed by atoms with Crippen LogP contribution in [0.3, 0.4) is 0 Å². The van der Waals surface area contributed by atoms with Crippen LogP contribution in [0.2, 0.25) is 0 Å². The maximum Gasteiger partial charge on any atom is 0.248 e. The highest BCUT2D eigenvalue weighted by molar-refractivity contribution is 6.02. The molecule has 0 atom stereocenters. The van der Waals surface area contributed by atoms with E-state index < -0.39 is 23.3 Å². The second kappa shape index (κ2) is 11.7. The summed E-state index contributed by atoms with van der Waals surface area (Å²) in [6, 6.07) is 16.7. The average Bonchev–Trinajstić information content (AvgIpc) is 2.88. The summed E-state index contributed by atoms with van der Waals surface area (Å²) in [6.07, 6.45) is 4.43. The van der Waals surface area contributed by atoms with Crippen molar-refractivity contribution in [3.05, 3.63) is 89.5 Å². The van der Waals surface area contributed by atoms with Gasteiger partial charge >= 0.3 is 0 Å². The van der Waals surface area contributed by atoms with Gasteiger partial charge in [0.05, 0.1) is 0 Å². The molecule has 3 aromatic carbocycles. The zero-order chi connectivity index (χ0) is 25.5. The Bertz CT molecular complexity index is 1240. The molecular formula is C28H28F2N2O4. The number of likely N-dealkylation sites (tertiary alicyclic amines) is 1. The van der Waals surface area contributed by atoms with E-state index in [1.807, 2.05) is 36.4 Å². The number of carbonyl (C=O) groups is 1. The molecule has 1 heterocycles. The van der Waals surface area contributed by atoms with E-state index in [9.17, 15) is 18.7 Å². The number of piperidine rings is 1. The predicted octanol–water partition coefficient (Wildman–Crippen LogP) is 5.37. The Morgan fingerprint density at radius 3 is 2.64 bits per heavy atom. The van der Waals surface area contributed by atoms with Gasteiger partial charge in [-0.05, 0) is 56.3 Å². The van der Waals surface area contributed by atoms with E-state index in [2.05, 4.69) is 17.3 Å². The number of hydrogen-bond donors (Lipinski definition) is 2. The van der Waals surface area contributed by atoms with Gasteiger partial charge < -0.3 is 24.8 Å². The molecule has 1 amide bonds. The maximum atomic E-state index is 13.9. The number of aromatic hydroxyl groups is 1. The third kappa shape index (κ3) is 6.60. The number of phenolic OH excluding ortho intramolecular Hbond substituents is 1. The predicted molar refractivity (Wildman–Crippen MR) is 134 cm³/mol. The topological polar surface area (TPSA) is 71.0 Å². The Morgan fingerprint density at radius 2 is 1.83 bits per heavy atom. The summed E-state index contributed by atoms with van der Waals surface area (Å²) in [4.78, 5) is 14.7. The van der Waals surface area contributed by atoms with Crippen LogP contribution < -0.4 is 14.8 Å². The molecule has 1 fully saturated rings. The first-order valence-corrected chi connectivity index (χ1v) is 11.7. The normalized spacial score (nSPS) is 14.6. The fourth-order valence-electron chi connectivity index (χ4n) is 3.89. The van der Waals surface area contributed by atoms with Crippen LogP contribution in [0.5, 0.6) is 17.2 Å². The monoisotopic (exact) mass is 494 g/mol. The van der Waals surface area contributed by atoms with E-state index >= 15 is 0 Å². The van der Waals surface area contributed by atoms with E-state index in [0.29, 0.717) is 11.4 Å². The molecule has 0 spiro atoms. The molecule has 8 heteroatoms. The van der Waals surface area contributed by atoms with Crippen molar-refractivity contribution >= 4 is 17.7 Å². The van der Waals surface area contributed by atoms with Crippen LogP contribution in [0.15, 0.2) is 66.7 Å². The highest BCUT2D eigenvalue weighted by Crippen LogP contribution is 2.26. The van der Waals surface area contributed by atoms with Crippen LogP contribution in [0.25, 0.3) is 6.08 Å². The first-order chi connectivity index (χ1) is 17.4. The molecule has 0 bridgehead atoms. The van der Waals surface area contributed by atoms with E-state index in [1.165, 1.54) is 6.08 Å².